The van der Waals surface area contributed by atoms with Gasteiger partial charge in [-0.1, -0.05) is 13.0 Å². The van der Waals surface area contributed by atoms with Crippen molar-refractivity contribution in [2.45, 2.75) is 45.2 Å². The molecule has 4 aromatic rings. The van der Waals surface area contributed by atoms with E-state index in [-0.39, 0.29) is 5.75 Å². The Morgan fingerprint density at radius 1 is 1.17 bits per heavy atom. The Balaban J connectivity index is 1.30. The standard InChI is InChI=1S/C27H31FN6O/c1-3-16-11-25(35)21(28)13-20(16)17-6-7-19-22(10-17)31-32-26(19)27-29-23-12-18(14-34-8-4-5-9-34)33(2)15-24(23)30-27/h6-7,10-11,13,18,35H,3-5,8-9,12,14-15H2,1-2H3,(H,29,30)(H,31,32). The number of likely N-dealkylation sites (N-methyl/N-ethyl adjacent to an activating group) is 1. The number of nitrogens with one attached hydrogen (secondary N) is 2. The summed E-state index contributed by atoms with van der Waals surface area (Å²) in [6.45, 7) is 6.37. The number of imidazole rings is 1. The van der Waals surface area contributed by atoms with Crippen LogP contribution in [0.25, 0.3) is 33.5 Å². The molecule has 0 saturated carbocycles. The number of H-pyrrole nitrogens is 2. The maximum atomic E-state index is 14.1. The first-order valence-corrected chi connectivity index (χ1v) is 12.5. The van der Waals surface area contributed by atoms with Gasteiger partial charge in [0.15, 0.2) is 17.4 Å². The summed E-state index contributed by atoms with van der Waals surface area (Å²) >= 11 is 0. The van der Waals surface area contributed by atoms with Gasteiger partial charge in [-0.25, -0.2) is 9.37 Å². The Bertz CT molecular complexity index is 1390. The van der Waals surface area contributed by atoms with E-state index in [1.807, 2.05) is 25.1 Å². The molecular formula is C27H31FN6O. The number of aromatic nitrogens is 4. The summed E-state index contributed by atoms with van der Waals surface area (Å²) in [5, 5.41) is 18.5. The highest BCUT2D eigenvalue weighted by Gasteiger charge is 2.29. The number of hydrogen-bond acceptors (Lipinski definition) is 5. The predicted molar refractivity (Wildman–Crippen MR) is 135 cm³/mol. The summed E-state index contributed by atoms with van der Waals surface area (Å²) in [4.78, 5) is 13.5. The molecule has 35 heavy (non-hydrogen) atoms. The SMILES string of the molecule is CCc1cc(O)c(F)cc1-c1ccc2c(-c3nc4c([nH]3)CN(C)C(CN3CCCC3)C4)n[nH]c2c1. The van der Waals surface area contributed by atoms with E-state index < -0.39 is 5.82 Å². The van der Waals surface area contributed by atoms with Gasteiger partial charge in [0.05, 0.1) is 16.9 Å². The second-order valence-corrected chi connectivity index (χ2v) is 9.94. The van der Waals surface area contributed by atoms with Gasteiger partial charge in [-0.3, -0.25) is 10.00 Å². The van der Waals surface area contributed by atoms with Gasteiger partial charge >= 0.3 is 0 Å². The molecule has 3 N–H and O–H groups in total. The van der Waals surface area contributed by atoms with E-state index in [1.165, 1.54) is 43.8 Å². The monoisotopic (exact) mass is 474 g/mol. The van der Waals surface area contributed by atoms with E-state index in [4.69, 9.17) is 4.98 Å². The average molecular weight is 475 g/mol. The molecule has 8 heteroatoms. The van der Waals surface area contributed by atoms with Crippen LogP contribution in [0.3, 0.4) is 0 Å². The Labute approximate surface area is 204 Å². The van der Waals surface area contributed by atoms with Crippen LogP contribution in [0.5, 0.6) is 5.75 Å². The molecule has 1 fully saturated rings. The lowest BCUT2D eigenvalue weighted by molar-refractivity contribution is 0.159. The van der Waals surface area contributed by atoms with E-state index in [0.717, 1.165) is 64.3 Å². The molecule has 7 nitrogen and oxygen atoms in total. The molecule has 4 heterocycles. The average Bonchev–Trinajstić information content (AvgIpc) is 3.60. The summed E-state index contributed by atoms with van der Waals surface area (Å²) in [5.74, 6) is -0.142. The topological polar surface area (TPSA) is 84.1 Å². The van der Waals surface area contributed by atoms with E-state index in [9.17, 15) is 9.50 Å². The lowest BCUT2D eigenvalue weighted by atomic mass is 9.96. The van der Waals surface area contributed by atoms with E-state index in [2.05, 4.69) is 32.0 Å². The van der Waals surface area contributed by atoms with Crippen LogP contribution in [0.1, 0.15) is 36.7 Å². The number of phenolic OH excluding ortho intramolecular Hbond substituents is 1. The number of aryl methyl sites for hydroxylation is 1. The number of phenols is 1. The minimum Gasteiger partial charge on any atom is -0.505 e. The second-order valence-electron chi connectivity index (χ2n) is 9.94. The Morgan fingerprint density at radius 2 is 2.00 bits per heavy atom. The van der Waals surface area contributed by atoms with Gasteiger partial charge < -0.3 is 15.0 Å². The van der Waals surface area contributed by atoms with E-state index in [1.54, 1.807) is 0 Å². The molecule has 0 bridgehead atoms. The van der Waals surface area contributed by atoms with Crippen LogP contribution in [-0.4, -0.2) is 67.8 Å². The van der Waals surface area contributed by atoms with Crippen LogP contribution >= 0.6 is 0 Å². The number of aromatic hydroxyl groups is 1. The van der Waals surface area contributed by atoms with Crippen LogP contribution in [0.4, 0.5) is 4.39 Å². The number of fused-ring (bicyclic) bond motifs is 2. The zero-order valence-electron chi connectivity index (χ0n) is 20.2. The summed E-state index contributed by atoms with van der Waals surface area (Å²) < 4.78 is 14.1. The quantitative estimate of drug-likeness (QED) is 0.397. The number of likely N-dealkylation sites (tertiary alicyclic amines) is 1. The van der Waals surface area contributed by atoms with Crippen molar-refractivity contribution in [1.82, 2.24) is 30.0 Å². The number of halogens is 1. The lowest BCUT2D eigenvalue weighted by Gasteiger charge is -2.34. The maximum Gasteiger partial charge on any atom is 0.165 e. The van der Waals surface area contributed by atoms with Crippen molar-refractivity contribution in [3.63, 3.8) is 0 Å². The molecule has 2 aliphatic rings. The van der Waals surface area contributed by atoms with Gasteiger partial charge in [0.2, 0.25) is 0 Å². The Morgan fingerprint density at radius 3 is 2.80 bits per heavy atom. The van der Waals surface area contributed by atoms with Gasteiger partial charge in [0.25, 0.3) is 0 Å². The van der Waals surface area contributed by atoms with Crippen molar-refractivity contribution in [2.24, 2.45) is 0 Å². The van der Waals surface area contributed by atoms with Crippen LogP contribution in [0, 0.1) is 5.82 Å². The third kappa shape index (κ3) is 4.00. The van der Waals surface area contributed by atoms with Crippen molar-refractivity contribution < 1.29 is 9.50 Å². The van der Waals surface area contributed by atoms with Gasteiger partial charge in [-0.05, 0) is 80.4 Å². The predicted octanol–water partition coefficient (Wildman–Crippen LogP) is 4.48. The lowest BCUT2D eigenvalue weighted by Crippen LogP contribution is -2.45. The van der Waals surface area contributed by atoms with Crippen molar-refractivity contribution in [3.8, 4) is 28.4 Å². The largest absolute Gasteiger partial charge is 0.505 e. The molecule has 182 valence electrons. The molecule has 6 rings (SSSR count). The maximum absolute atomic E-state index is 14.1. The fourth-order valence-corrected chi connectivity index (χ4v) is 5.62. The highest BCUT2D eigenvalue weighted by atomic mass is 19.1. The van der Waals surface area contributed by atoms with Crippen LogP contribution in [0.15, 0.2) is 30.3 Å². The second kappa shape index (κ2) is 8.77. The summed E-state index contributed by atoms with van der Waals surface area (Å²) in [6, 6.07) is 9.37. The number of aromatic amines is 2. The fourth-order valence-electron chi connectivity index (χ4n) is 5.62. The molecule has 1 atom stereocenters. The van der Waals surface area contributed by atoms with Crippen LogP contribution in [-0.2, 0) is 19.4 Å². The Kier molecular flexibility index (Phi) is 5.57. The third-order valence-electron chi connectivity index (χ3n) is 7.64. The van der Waals surface area contributed by atoms with Crippen molar-refractivity contribution >= 4 is 10.9 Å². The summed E-state index contributed by atoms with van der Waals surface area (Å²) in [6.07, 6.45) is 4.26. The fraction of sp³-hybridized carbons (Fsp3) is 0.407. The van der Waals surface area contributed by atoms with Crippen LogP contribution in [0.2, 0.25) is 0 Å². The summed E-state index contributed by atoms with van der Waals surface area (Å²) in [7, 11) is 2.20. The Hall–Kier alpha value is -3.23. The third-order valence-corrected chi connectivity index (χ3v) is 7.64. The van der Waals surface area contributed by atoms with Crippen molar-refractivity contribution in [1.29, 1.82) is 0 Å². The first-order chi connectivity index (χ1) is 17.0. The van der Waals surface area contributed by atoms with E-state index >= 15 is 0 Å². The smallest absolute Gasteiger partial charge is 0.165 e. The molecular weight excluding hydrogens is 443 g/mol. The van der Waals surface area contributed by atoms with Gasteiger partial charge in [0, 0.05) is 30.9 Å². The first kappa shape index (κ1) is 22.2. The van der Waals surface area contributed by atoms with Gasteiger partial charge in [-0.2, -0.15) is 5.10 Å². The molecule has 0 aliphatic carbocycles. The number of rotatable bonds is 5. The minimum atomic E-state index is -0.614. The molecule has 2 aromatic carbocycles. The van der Waals surface area contributed by atoms with Gasteiger partial charge in [-0.15, -0.1) is 0 Å². The number of nitrogens with zero attached hydrogens (tertiary/aromatic N) is 4. The van der Waals surface area contributed by atoms with Crippen LogP contribution < -0.4 is 0 Å². The summed E-state index contributed by atoms with van der Waals surface area (Å²) in [5.41, 5.74) is 6.53. The van der Waals surface area contributed by atoms with Crippen molar-refractivity contribution in [3.05, 3.63) is 53.1 Å². The molecule has 0 spiro atoms. The molecule has 0 amide bonds. The zero-order chi connectivity index (χ0) is 24.1. The highest BCUT2D eigenvalue weighted by Crippen LogP contribution is 2.34. The number of benzene rings is 2. The molecule has 0 radical (unpaired) electrons. The highest BCUT2D eigenvalue weighted by molar-refractivity contribution is 5.94. The zero-order valence-corrected chi connectivity index (χ0v) is 20.2. The van der Waals surface area contributed by atoms with Gasteiger partial charge in [0.1, 0.15) is 5.69 Å². The van der Waals surface area contributed by atoms with E-state index in [0.29, 0.717) is 12.5 Å². The number of hydrogen-bond donors (Lipinski definition) is 3. The van der Waals surface area contributed by atoms with Crippen molar-refractivity contribution in [2.75, 3.05) is 26.7 Å². The molecule has 2 aromatic heterocycles. The molecule has 2 aliphatic heterocycles. The first-order valence-electron chi connectivity index (χ1n) is 12.5. The normalized spacial score (nSPS) is 19.0. The molecule has 1 saturated heterocycles. The minimum absolute atomic E-state index is 0.314. The molecule has 1 unspecified atom stereocenters.